The Bertz CT molecular complexity index is 760. The normalized spacial score (nSPS) is 10.3. The molecule has 7 heteroatoms. The Morgan fingerprint density at radius 3 is 2.44 bits per heavy atom. The summed E-state index contributed by atoms with van der Waals surface area (Å²) in [6.45, 7) is 0.264. The van der Waals surface area contributed by atoms with E-state index < -0.39 is 11.8 Å². The van der Waals surface area contributed by atoms with Crippen molar-refractivity contribution in [1.29, 1.82) is 0 Å². The molecule has 25 heavy (non-hydrogen) atoms. The summed E-state index contributed by atoms with van der Waals surface area (Å²) in [4.78, 5) is 23.5. The van der Waals surface area contributed by atoms with Crippen molar-refractivity contribution in [1.82, 2.24) is 10.7 Å². The van der Waals surface area contributed by atoms with Gasteiger partial charge in [0.2, 0.25) is 0 Å². The van der Waals surface area contributed by atoms with Gasteiger partial charge in [0.25, 0.3) is 0 Å². The summed E-state index contributed by atoms with van der Waals surface area (Å²) in [6, 6.07) is 14.5. The number of ether oxygens (including phenoxy) is 2. The van der Waals surface area contributed by atoms with Crippen molar-refractivity contribution in [3.63, 3.8) is 0 Å². The minimum atomic E-state index is -0.853. The van der Waals surface area contributed by atoms with Crippen molar-refractivity contribution < 1.29 is 19.1 Å². The Labute approximate surface area is 145 Å². The van der Waals surface area contributed by atoms with Crippen LogP contribution in [0.5, 0.6) is 11.5 Å². The monoisotopic (exact) mass is 341 g/mol. The van der Waals surface area contributed by atoms with Gasteiger partial charge in [0.05, 0.1) is 20.4 Å². The Kier molecular flexibility index (Phi) is 6.53. The van der Waals surface area contributed by atoms with E-state index in [4.69, 9.17) is 9.47 Å². The van der Waals surface area contributed by atoms with Gasteiger partial charge in [-0.1, -0.05) is 36.4 Å². The van der Waals surface area contributed by atoms with Crippen molar-refractivity contribution in [3.8, 4) is 11.5 Å². The van der Waals surface area contributed by atoms with Gasteiger partial charge in [-0.15, -0.1) is 0 Å². The standard InChI is InChI=1S/C18H19N3O4/c1-24-15-10-6-9-14(16(15)25-2)12-20-21-18(23)17(22)19-11-13-7-4-3-5-8-13/h3-10,12H,11H2,1-2H3,(H,19,22)(H,21,23)/b20-12-. The van der Waals surface area contributed by atoms with E-state index in [1.807, 2.05) is 30.3 Å². The minimum absolute atomic E-state index is 0.264. The number of hydrogen-bond donors (Lipinski definition) is 2. The third-order valence-corrected chi connectivity index (χ3v) is 3.31. The molecule has 0 saturated carbocycles. The summed E-state index contributed by atoms with van der Waals surface area (Å²) in [5.74, 6) is -0.595. The molecule has 0 aliphatic carbocycles. The molecule has 0 heterocycles. The highest BCUT2D eigenvalue weighted by molar-refractivity contribution is 6.35. The van der Waals surface area contributed by atoms with Crippen LogP contribution < -0.4 is 20.2 Å². The van der Waals surface area contributed by atoms with Crippen LogP contribution in [0.2, 0.25) is 0 Å². The fourth-order valence-corrected chi connectivity index (χ4v) is 2.08. The van der Waals surface area contributed by atoms with E-state index >= 15 is 0 Å². The minimum Gasteiger partial charge on any atom is -0.493 e. The Balaban J connectivity index is 1.91. The molecule has 0 radical (unpaired) electrons. The molecule has 7 nitrogen and oxygen atoms in total. The van der Waals surface area contributed by atoms with Gasteiger partial charge in [-0.2, -0.15) is 5.10 Å². The lowest BCUT2D eigenvalue weighted by Gasteiger charge is -2.09. The highest BCUT2D eigenvalue weighted by atomic mass is 16.5. The maximum absolute atomic E-state index is 11.7. The molecule has 2 rings (SSSR count). The molecule has 0 aromatic heterocycles. The molecule has 2 N–H and O–H groups in total. The summed E-state index contributed by atoms with van der Waals surface area (Å²) in [6.07, 6.45) is 1.38. The second-order valence-corrected chi connectivity index (χ2v) is 4.95. The molecule has 130 valence electrons. The van der Waals surface area contributed by atoms with E-state index in [1.165, 1.54) is 20.4 Å². The quantitative estimate of drug-likeness (QED) is 0.473. The van der Waals surface area contributed by atoms with Crippen LogP contribution in [-0.4, -0.2) is 32.2 Å². The molecule has 0 aliphatic heterocycles. The Morgan fingerprint density at radius 1 is 1.00 bits per heavy atom. The molecule has 0 bridgehead atoms. The van der Waals surface area contributed by atoms with Gasteiger partial charge in [-0.25, -0.2) is 5.43 Å². The van der Waals surface area contributed by atoms with Crippen molar-refractivity contribution in [2.75, 3.05) is 14.2 Å². The van der Waals surface area contributed by atoms with E-state index in [1.54, 1.807) is 18.2 Å². The highest BCUT2D eigenvalue weighted by Gasteiger charge is 2.12. The maximum Gasteiger partial charge on any atom is 0.329 e. The molecular formula is C18H19N3O4. The number of rotatable bonds is 6. The number of benzene rings is 2. The van der Waals surface area contributed by atoms with Crippen LogP contribution in [-0.2, 0) is 16.1 Å². The van der Waals surface area contributed by atoms with Crippen molar-refractivity contribution in [2.24, 2.45) is 5.10 Å². The first-order valence-electron chi connectivity index (χ1n) is 7.52. The van der Waals surface area contributed by atoms with Crippen molar-refractivity contribution >= 4 is 18.0 Å². The number of carbonyl (C=O) groups is 2. The van der Waals surface area contributed by atoms with Crippen molar-refractivity contribution in [2.45, 2.75) is 6.54 Å². The molecule has 0 unspecified atom stereocenters. The van der Waals surface area contributed by atoms with Gasteiger partial charge in [-0.05, 0) is 17.7 Å². The van der Waals surface area contributed by atoms with Gasteiger partial charge in [0.1, 0.15) is 0 Å². The van der Waals surface area contributed by atoms with E-state index in [2.05, 4.69) is 15.8 Å². The predicted molar refractivity (Wildman–Crippen MR) is 93.6 cm³/mol. The van der Waals surface area contributed by atoms with Crippen LogP contribution in [0.4, 0.5) is 0 Å². The fraction of sp³-hybridized carbons (Fsp3) is 0.167. The average molecular weight is 341 g/mol. The van der Waals surface area contributed by atoms with Gasteiger partial charge in [0, 0.05) is 12.1 Å². The zero-order valence-corrected chi connectivity index (χ0v) is 14.0. The third kappa shape index (κ3) is 5.07. The third-order valence-electron chi connectivity index (χ3n) is 3.31. The van der Waals surface area contributed by atoms with Gasteiger partial charge in [0.15, 0.2) is 11.5 Å². The second-order valence-electron chi connectivity index (χ2n) is 4.95. The number of nitrogens with one attached hydrogen (secondary N) is 2. The maximum atomic E-state index is 11.7. The van der Waals surface area contributed by atoms with Crippen LogP contribution in [0.1, 0.15) is 11.1 Å². The lowest BCUT2D eigenvalue weighted by Crippen LogP contribution is -2.37. The fourth-order valence-electron chi connectivity index (χ4n) is 2.08. The first kappa shape index (κ1) is 18.0. The summed E-state index contributed by atoms with van der Waals surface area (Å²) in [5.41, 5.74) is 3.68. The topological polar surface area (TPSA) is 89.0 Å². The molecular weight excluding hydrogens is 322 g/mol. The van der Waals surface area contributed by atoms with Crippen LogP contribution in [0.15, 0.2) is 53.6 Å². The van der Waals surface area contributed by atoms with Crippen LogP contribution in [0.25, 0.3) is 0 Å². The zero-order valence-electron chi connectivity index (χ0n) is 14.0. The summed E-state index contributed by atoms with van der Waals surface area (Å²) >= 11 is 0. The first-order valence-corrected chi connectivity index (χ1v) is 7.52. The Morgan fingerprint density at radius 2 is 1.76 bits per heavy atom. The summed E-state index contributed by atoms with van der Waals surface area (Å²) < 4.78 is 10.4. The van der Waals surface area contributed by atoms with Crippen molar-refractivity contribution in [3.05, 3.63) is 59.7 Å². The number of nitrogens with zero attached hydrogens (tertiary/aromatic N) is 1. The smallest absolute Gasteiger partial charge is 0.329 e. The molecule has 0 aliphatic rings. The molecule has 0 saturated heterocycles. The van der Waals surface area contributed by atoms with Gasteiger partial charge in [-0.3, -0.25) is 9.59 Å². The van der Waals surface area contributed by atoms with Crippen LogP contribution in [0, 0.1) is 0 Å². The Hall–Kier alpha value is -3.35. The first-order chi connectivity index (χ1) is 12.2. The number of hydrogen-bond acceptors (Lipinski definition) is 5. The lowest BCUT2D eigenvalue weighted by molar-refractivity contribution is -0.139. The molecule has 2 aromatic rings. The summed E-state index contributed by atoms with van der Waals surface area (Å²) in [7, 11) is 3.03. The second kappa shape index (κ2) is 9.07. The molecule has 0 spiro atoms. The molecule has 0 fully saturated rings. The lowest BCUT2D eigenvalue weighted by atomic mass is 10.2. The number of para-hydroxylation sites is 1. The predicted octanol–water partition coefficient (Wildman–Crippen LogP) is 1.47. The van der Waals surface area contributed by atoms with Gasteiger partial charge >= 0.3 is 11.8 Å². The molecule has 0 atom stereocenters. The number of amides is 2. The molecule has 2 aromatic carbocycles. The van der Waals surface area contributed by atoms with E-state index in [0.29, 0.717) is 17.1 Å². The number of carbonyl (C=O) groups excluding carboxylic acids is 2. The van der Waals surface area contributed by atoms with E-state index in [-0.39, 0.29) is 6.54 Å². The zero-order chi connectivity index (χ0) is 18.1. The SMILES string of the molecule is COc1cccc(/C=N\NC(=O)C(=O)NCc2ccccc2)c1OC. The van der Waals surface area contributed by atoms with Crippen LogP contribution in [0.3, 0.4) is 0 Å². The van der Waals surface area contributed by atoms with E-state index in [0.717, 1.165) is 5.56 Å². The van der Waals surface area contributed by atoms with Gasteiger partial charge < -0.3 is 14.8 Å². The molecule has 2 amide bonds. The van der Waals surface area contributed by atoms with Crippen LogP contribution >= 0.6 is 0 Å². The van der Waals surface area contributed by atoms with E-state index in [9.17, 15) is 9.59 Å². The largest absolute Gasteiger partial charge is 0.493 e. The average Bonchev–Trinajstić information content (AvgIpc) is 2.66. The number of hydrazone groups is 1. The summed E-state index contributed by atoms with van der Waals surface area (Å²) in [5, 5.41) is 6.30. The highest BCUT2D eigenvalue weighted by Crippen LogP contribution is 2.29. The number of methoxy groups -OCH3 is 2.